The Labute approximate surface area is 201 Å². The number of thiocarbonyl (C=S) groups is 1. The van der Waals surface area contributed by atoms with E-state index in [0.717, 1.165) is 34.3 Å². The number of methoxy groups -OCH3 is 1. The Balaban J connectivity index is 1.78. The van der Waals surface area contributed by atoms with Gasteiger partial charge in [-0.2, -0.15) is 5.01 Å². The second-order valence-electron chi connectivity index (χ2n) is 7.19. The summed E-state index contributed by atoms with van der Waals surface area (Å²) in [6.45, 7) is 5.90. The number of nitrogens with one attached hydrogen (secondary N) is 1. The minimum atomic E-state index is -0.513. The molecular weight excluding hydrogens is 468 g/mol. The highest BCUT2D eigenvalue weighted by molar-refractivity contribution is 8.26. The van der Waals surface area contributed by atoms with Crippen molar-refractivity contribution in [2.24, 2.45) is 0 Å². The van der Waals surface area contributed by atoms with Crippen LogP contribution in [0.25, 0.3) is 6.08 Å². The van der Waals surface area contributed by atoms with Crippen LogP contribution in [0.2, 0.25) is 5.02 Å². The number of thioether (sulfide) groups is 1. The number of benzene rings is 2. The van der Waals surface area contributed by atoms with Gasteiger partial charge in [-0.05, 0) is 74.0 Å². The third-order valence-corrected chi connectivity index (χ3v) is 6.38. The zero-order chi connectivity index (χ0) is 23.4. The molecule has 168 valence electrons. The number of halogens is 1. The maximum absolute atomic E-state index is 12.9. The van der Waals surface area contributed by atoms with Crippen molar-refractivity contribution in [2.45, 2.75) is 33.3 Å². The lowest BCUT2D eigenvalue weighted by Gasteiger charge is -2.16. The van der Waals surface area contributed by atoms with Crippen LogP contribution in [0.1, 0.15) is 41.8 Å². The van der Waals surface area contributed by atoms with E-state index in [1.54, 1.807) is 43.5 Å². The minimum Gasteiger partial charge on any atom is -0.493 e. The Kier molecular flexibility index (Phi) is 7.82. The van der Waals surface area contributed by atoms with Crippen molar-refractivity contribution in [1.29, 1.82) is 0 Å². The molecule has 6 nitrogen and oxygen atoms in total. The molecule has 0 bridgehead atoms. The average molecular weight is 491 g/mol. The lowest BCUT2D eigenvalue weighted by atomic mass is 10.1. The molecule has 0 saturated carbocycles. The van der Waals surface area contributed by atoms with Gasteiger partial charge in [0.15, 0.2) is 15.8 Å². The summed E-state index contributed by atoms with van der Waals surface area (Å²) in [4.78, 5) is 25.9. The van der Waals surface area contributed by atoms with E-state index in [9.17, 15) is 9.59 Å². The zero-order valence-corrected chi connectivity index (χ0v) is 20.5. The molecule has 1 atom stereocenters. The van der Waals surface area contributed by atoms with Gasteiger partial charge in [-0.15, -0.1) is 0 Å². The maximum atomic E-state index is 12.9. The van der Waals surface area contributed by atoms with E-state index in [1.807, 2.05) is 26.8 Å². The van der Waals surface area contributed by atoms with Gasteiger partial charge in [0.1, 0.15) is 0 Å². The molecule has 2 aromatic rings. The van der Waals surface area contributed by atoms with Crippen LogP contribution in [0.5, 0.6) is 11.5 Å². The molecule has 9 heteroatoms. The number of hydrogen-bond acceptors (Lipinski definition) is 6. The first-order valence-electron chi connectivity index (χ1n) is 9.93. The van der Waals surface area contributed by atoms with Crippen molar-refractivity contribution < 1.29 is 19.1 Å². The largest absolute Gasteiger partial charge is 0.493 e. The summed E-state index contributed by atoms with van der Waals surface area (Å²) in [5.41, 5.74) is 4.47. The van der Waals surface area contributed by atoms with E-state index >= 15 is 0 Å². The number of hydrazine groups is 1. The second-order valence-corrected chi connectivity index (χ2v) is 9.27. The Bertz CT molecular complexity index is 1100. The topological polar surface area (TPSA) is 67.9 Å². The first-order chi connectivity index (χ1) is 15.2. The van der Waals surface area contributed by atoms with Gasteiger partial charge in [0.2, 0.25) is 0 Å². The van der Waals surface area contributed by atoms with Crippen LogP contribution in [0, 0.1) is 6.92 Å². The van der Waals surface area contributed by atoms with E-state index in [0.29, 0.717) is 21.4 Å². The van der Waals surface area contributed by atoms with Gasteiger partial charge in [0, 0.05) is 0 Å². The van der Waals surface area contributed by atoms with Gasteiger partial charge in [-0.3, -0.25) is 15.0 Å². The summed E-state index contributed by atoms with van der Waals surface area (Å²) in [5, 5.41) is 1.36. The third-order valence-electron chi connectivity index (χ3n) is 4.76. The Morgan fingerprint density at radius 2 is 2.03 bits per heavy atom. The normalized spacial score (nSPS) is 15.8. The number of ether oxygens (including phenoxy) is 2. The molecule has 1 aliphatic rings. The fourth-order valence-electron chi connectivity index (χ4n) is 2.85. The van der Waals surface area contributed by atoms with Gasteiger partial charge in [0.05, 0.1) is 28.7 Å². The first-order valence-corrected chi connectivity index (χ1v) is 11.5. The van der Waals surface area contributed by atoms with Crippen LogP contribution in [0.15, 0.2) is 41.3 Å². The smallest absolute Gasteiger partial charge is 0.285 e. The highest BCUT2D eigenvalue weighted by Crippen LogP contribution is 2.34. The summed E-state index contributed by atoms with van der Waals surface area (Å²) in [5.74, 6) is 0.266. The van der Waals surface area contributed by atoms with Gasteiger partial charge in [0.25, 0.3) is 11.8 Å². The summed E-state index contributed by atoms with van der Waals surface area (Å²) in [6, 6.07) is 10.5. The van der Waals surface area contributed by atoms with Gasteiger partial charge < -0.3 is 9.47 Å². The second kappa shape index (κ2) is 10.4. The first kappa shape index (κ1) is 24.1. The van der Waals surface area contributed by atoms with Crippen molar-refractivity contribution in [3.05, 3.63) is 63.0 Å². The van der Waals surface area contributed by atoms with Crippen molar-refractivity contribution >= 4 is 57.8 Å². The molecule has 2 amide bonds. The molecule has 1 N–H and O–H groups in total. The van der Waals surface area contributed by atoms with E-state index < -0.39 is 11.8 Å². The van der Waals surface area contributed by atoms with Crippen molar-refractivity contribution in [3.63, 3.8) is 0 Å². The number of nitrogens with zero attached hydrogens (tertiary/aromatic N) is 1. The monoisotopic (exact) mass is 490 g/mol. The Morgan fingerprint density at radius 1 is 1.28 bits per heavy atom. The van der Waals surface area contributed by atoms with Crippen LogP contribution in [0.3, 0.4) is 0 Å². The van der Waals surface area contributed by atoms with E-state index in [1.165, 1.54) is 0 Å². The number of aryl methyl sites for hydroxylation is 1. The number of amides is 2. The summed E-state index contributed by atoms with van der Waals surface area (Å²) >= 11 is 12.6. The number of carbonyl (C=O) groups excluding carboxylic acids is 2. The lowest BCUT2D eigenvalue weighted by molar-refractivity contribution is -0.123. The SMILES string of the molecule is CC[C@@H](C)Oc1ccc(/C=C2\SC(=S)N(NC(=O)c3ccc(C)cc3Cl)C2=O)cc1OC. The molecule has 32 heavy (non-hydrogen) atoms. The Hall–Kier alpha value is -2.55. The average Bonchev–Trinajstić information content (AvgIpc) is 3.01. The molecule has 3 rings (SSSR count). The molecule has 0 aliphatic carbocycles. The van der Waals surface area contributed by atoms with Crippen molar-refractivity contribution in [1.82, 2.24) is 10.4 Å². The number of rotatable bonds is 7. The highest BCUT2D eigenvalue weighted by atomic mass is 35.5. The Morgan fingerprint density at radius 3 is 2.69 bits per heavy atom. The van der Waals surface area contributed by atoms with Crippen molar-refractivity contribution in [2.75, 3.05) is 7.11 Å². The molecule has 1 saturated heterocycles. The summed E-state index contributed by atoms with van der Waals surface area (Å²) < 4.78 is 11.5. The molecule has 1 fully saturated rings. The fraction of sp³-hybridized carbons (Fsp3) is 0.261. The van der Waals surface area contributed by atoms with Crippen LogP contribution in [-0.4, -0.2) is 34.4 Å². The van der Waals surface area contributed by atoms with Gasteiger partial charge >= 0.3 is 0 Å². The van der Waals surface area contributed by atoms with Crippen LogP contribution in [-0.2, 0) is 4.79 Å². The molecule has 0 radical (unpaired) electrons. The fourth-order valence-corrected chi connectivity index (χ4v) is 4.35. The third kappa shape index (κ3) is 5.43. The number of carbonyl (C=O) groups is 2. The lowest BCUT2D eigenvalue weighted by Crippen LogP contribution is -2.44. The van der Waals surface area contributed by atoms with Crippen molar-refractivity contribution in [3.8, 4) is 11.5 Å². The highest BCUT2D eigenvalue weighted by Gasteiger charge is 2.34. The zero-order valence-electron chi connectivity index (χ0n) is 18.1. The van der Waals surface area contributed by atoms with E-state index in [4.69, 9.17) is 33.3 Å². The van der Waals surface area contributed by atoms with E-state index in [2.05, 4.69) is 5.43 Å². The summed E-state index contributed by atoms with van der Waals surface area (Å²) in [6.07, 6.45) is 2.61. The van der Waals surface area contributed by atoms with Gasteiger partial charge in [-0.1, -0.05) is 42.4 Å². The summed E-state index contributed by atoms with van der Waals surface area (Å²) in [7, 11) is 1.56. The van der Waals surface area contributed by atoms with E-state index in [-0.39, 0.29) is 16.0 Å². The predicted octanol–water partition coefficient (Wildman–Crippen LogP) is 5.38. The quantitative estimate of drug-likeness (QED) is 0.415. The number of hydrogen-bond donors (Lipinski definition) is 1. The molecule has 0 spiro atoms. The van der Waals surface area contributed by atoms with Gasteiger partial charge in [-0.25, -0.2) is 0 Å². The molecule has 0 aromatic heterocycles. The van der Waals surface area contributed by atoms with Crippen LogP contribution < -0.4 is 14.9 Å². The molecule has 1 aliphatic heterocycles. The molecule has 1 heterocycles. The molecular formula is C23H23ClN2O4S2. The molecule has 2 aromatic carbocycles. The standard InChI is InChI=1S/C23H23ClN2O4S2/c1-5-14(3)30-18-9-7-15(11-19(18)29-4)12-20-22(28)26(23(31)32-20)25-21(27)16-8-6-13(2)10-17(16)24/h6-12,14H,5H2,1-4H3,(H,25,27)/b20-12-/t14-/m1/s1. The minimum absolute atomic E-state index is 0.0525. The molecule has 0 unspecified atom stereocenters. The van der Waals surface area contributed by atoms with Crippen LogP contribution >= 0.6 is 35.6 Å². The van der Waals surface area contributed by atoms with Crippen LogP contribution in [0.4, 0.5) is 0 Å². The predicted molar refractivity (Wildman–Crippen MR) is 132 cm³/mol. The maximum Gasteiger partial charge on any atom is 0.285 e.